The van der Waals surface area contributed by atoms with Gasteiger partial charge in [-0.05, 0) is 36.2 Å². The van der Waals surface area contributed by atoms with Gasteiger partial charge in [-0.25, -0.2) is 4.98 Å². The number of hydrogen-bond acceptors (Lipinski definition) is 6. The van der Waals surface area contributed by atoms with Crippen molar-refractivity contribution in [2.45, 2.75) is 12.5 Å². The first-order valence-corrected chi connectivity index (χ1v) is 11.0. The highest BCUT2D eigenvalue weighted by Crippen LogP contribution is 2.28. The number of rotatable bonds is 7. The molecule has 0 aliphatic heterocycles. The van der Waals surface area contributed by atoms with Crippen molar-refractivity contribution in [3.8, 4) is 10.6 Å². The Hall–Kier alpha value is -3.27. The summed E-state index contributed by atoms with van der Waals surface area (Å²) in [6.07, 6.45) is 1.21. The minimum atomic E-state index is -0.689. The number of nitrogens with zero attached hydrogens (tertiary/aromatic N) is 2. The number of hydrogen-bond donors (Lipinski definition) is 4. The summed E-state index contributed by atoms with van der Waals surface area (Å²) in [5.41, 5.74) is 2.59. The molecule has 0 unspecified atom stereocenters. The largest absolute Gasteiger partial charge is 0.388 e. The van der Waals surface area contributed by atoms with E-state index in [2.05, 4.69) is 25.8 Å². The molecule has 1 atom stereocenters. The summed E-state index contributed by atoms with van der Waals surface area (Å²) >= 11 is 7.12. The maximum Gasteiger partial charge on any atom is 0.272 e. The molecule has 0 fully saturated rings. The maximum absolute atomic E-state index is 12.5. The zero-order valence-electron chi connectivity index (χ0n) is 17.1. The molecule has 2 aromatic heterocycles. The number of aromatic nitrogens is 3. The number of nitrogens with one attached hydrogen (secondary N) is 3. The van der Waals surface area contributed by atoms with Crippen LogP contribution in [0.15, 0.2) is 48.7 Å². The number of aromatic amines is 1. The van der Waals surface area contributed by atoms with Crippen LogP contribution in [0.25, 0.3) is 21.5 Å². The minimum Gasteiger partial charge on any atom is -0.388 e. The second-order valence-electron chi connectivity index (χ2n) is 7.05. The second kappa shape index (κ2) is 9.47. The normalized spacial score (nSPS) is 12.0. The summed E-state index contributed by atoms with van der Waals surface area (Å²) in [6.45, 7) is 0.318. The Morgan fingerprint density at radius 3 is 2.72 bits per heavy atom. The zero-order chi connectivity index (χ0) is 22.7. The minimum absolute atomic E-state index is 0.249. The highest BCUT2D eigenvalue weighted by molar-refractivity contribution is 7.16. The van der Waals surface area contributed by atoms with E-state index >= 15 is 0 Å². The van der Waals surface area contributed by atoms with Gasteiger partial charge in [0.25, 0.3) is 11.8 Å². The fraction of sp³-hybridized carbons (Fsp3) is 0.182. The van der Waals surface area contributed by atoms with Crippen molar-refractivity contribution in [2.24, 2.45) is 0 Å². The molecule has 0 radical (unpaired) electrons. The Morgan fingerprint density at radius 2 is 1.97 bits per heavy atom. The molecule has 0 saturated heterocycles. The average Bonchev–Trinajstić information content (AvgIpc) is 3.46. The van der Waals surface area contributed by atoms with Crippen LogP contribution in [0.2, 0.25) is 5.02 Å². The van der Waals surface area contributed by atoms with Gasteiger partial charge in [0, 0.05) is 29.6 Å². The van der Waals surface area contributed by atoms with Gasteiger partial charge >= 0.3 is 0 Å². The maximum atomic E-state index is 12.5. The Kier molecular flexibility index (Phi) is 6.50. The van der Waals surface area contributed by atoms with Gasteiger partial charge in [-0.2, -0.15) is 5.10 Å². The van der Waals surface area contributed by atoms with Crippen molar-refractivity contribution in [1.29, 1.82) is 0 Å². The smallest absolute Gasteiger partial charge is 0.272 e. The number of amides is 2. The highest BCUT2D eigenvalue weighted by Gasteiger charge is 2.16. The molecule has 10 heteroatoms. The molecule has 164 valence electrons. The van der Waals surface area contributed by atoms with Gasteiger partial charge < -0.3 is 15.7 Å². The molecular formula is C22H20ClN5O3S. The number of benzene rings is 2. The van der Waals surface area contributed by atoms with Crippen molar-refractivity contribution in [3.63, 3.8) is 0 Å². The number of aliphatic hydroxyl groups is 1. The third-order valence-corrected chi connectivity index (χ3v) is 6.24. The molecule has 0 spiro atoms. The molecule has 4 N–H and O–H groups in total. The van der Waals surface area contributed by atoms with Crippen molar-refractivity contribution in [2.75, 3.05) is 13.6 Å². The summed E-state index contributed by atoms with van der Waals surface area (Å²) in [5.74, 6) is -0.514. The highest BCUT2D eigenvalue weighted by atomic mass is 35.5. The molecule has 2 heterocycles. The quantitative estimate of drug-likeness (QED) is 0.330. The van der Waals surface area contributed by atoms with E-state index < -0.39 is 6.10 Å². The summed E-state index contributed by atoms with van der Waals surface area (Å²) in [5, 5.41) is 24.5. The average molecular weight is 470 g/mol. The van der Waals surface area contributed by atoms with Gasteiger partial charge in [-0.3, -0.25) is 14.7 Å². The van der Waals surface area contributed by atoms with Crippen LogP contribution in [-0.4, -0.2) is 45.7 Å². The number of halogens is 1. The van der Waals surface area contributed by atoms with Gasteiger partial charge in [0.2, 0.25) is 0 Å². The molecule has 2 aromatic carbocycles. The van der Waals surface area contributed by atoms with E-state index in [0.29, 0.717) is 44.5 Å². The molecule has 4 rings (SSSR count). The van der Waals surface area contributed by atoms with E-state index in [1.54, 1.807) is 37.4 Å². The number of carbonyl (C=O) groups is 2. The van der Waals surface area contributed by atoms with Gasteiger partial charge in [-0.1, -0.05) is 29.8 Å². The zero-order valence-corrected chi connectivity index (χ0v) is 18.6. The Labute approximate surface area is 192 Å². The summed E-state index contributed by atoms with van der Waals surface area (Å²) in [6, 6.07) is 12.5. The topological polar surface area (TPSA) is 120 Å². The van der Waals surface area contributed by atoms with Crippen LogP contribution in [0.5, 0.6) is 0 Å². The standard InChI is InChI=1S/C22H20ClN5O3S/c1-24-21(31)19-15-7-4-13(10-16(15)27-28-19)22-26-11-18(32-22)20(30)25-9-8-17(29)12-2-5-14(23)6-3-12/h2-7,10-11,17,29H,8-9H2,1H3,(H,24,31)(H,25,30)(H,27,28)/t17-/m1/s1. The van der Waals surface area contributed by atoms with Crippen LogP contribution in [0.4, 0.5) is 0 Å². The fourth-order valence-electron chi connectivity index (χ4n) is 3.22. The van der Waals surface area contributed by atoms with E-state index in [1.165, 1.54) is 17.5 Å². The fourth-order valence-corrected chi connectivity index (χ4v) is 4.17. The van der Waals surface area contributed by atoms with Crippen LogP contribution < -0.4 is 10.6 Å². The molecule has 2 amide bonds. The predicted molar refractivity (Wildman–Crippen MR) is 124 cm³/mol. The lowest BCUT2D eigenvalue weighted by atomic mass is 10.1. The van der Waals surface area contributed by atoms with E-state index in [1.807, 2.05) is 12.1 Å². The van der Waals surface area contributed by atoms with Crippen molar-refractivity contribution < 1.29 is 14.7 Å². The summed E-state index contributed by atoms with van der Waals surface area (Å²) in [7, 11) is 1.55. The monoisotopic (exact) mass is 469 g/mol. The van der Waals surface area contributed by atoms with Crippen LogP contribution in [0.3, 0.4) is 0 Å². The van der Waals surface area contributed by atoms with E-state index in [-0.39, 0.29) is 11.8 Å². The Morgan fingerprint density at radius 1 is 1.19 bits per heavy atom. The second-order valence-corrected chi connectivity index (χ2v) is 8.52. The lowest BCUT2D eigenvalue weighted by molar-refractivity contribution is 0.0942. The van der Waals surface area contributed by atoms with Crippen LogP contribution in [0.1, 0.15) is 38.2 Å². The Bertz CT molecular complexity index is 1270. The molecule has 0 saturated carbocycles. The number of carbonyl (C=O) groups excluding carboxylic acids is 2. The first-order chi connectivity index (χ1) is 15.5. The molecule has 0 aliphatic carbocycles. The van der Waals surface area contributed by atoms with Gasteiger partial charge in [0.15, 0.2) is 5.69 Å². The molecule has 4 aromatic rings. The van der Waals surface area contributed by atoms with E-state index in [0.717, 1.165) is 11.1 Å². The van der Waals surface area contributed by atoms with Gasteiger partial charge in [0.05, 0.1) is 17.8 Å². The summed E-state index contributed by atoms with van der Waals surface area (Å²) in [4.78, 5) is 29.2. The molecule has 8 nitrogen and oxygen atoms in total. The van der Waals surface area contributed by atoms with Crippen LogP contribution in [0, 0.1) is 0 Å². The number of thiazole rings is 1. The first kappa shape index (κ1) is 21.9. The first-order valence-electron chi connectivity index (χ1n) is 9.84. The SMILES string of the molecule is CNC(=O)c1n[nH]c2cc(-c3ncc(C(=O)NCC[C@@H](O)c4ccc(Cl)cc4)s3)ccc12. The van der Waals surface area contributed by atoms with Crippen molar-refractivity contribution in [3.05, 3.63) is 69.8 Å². The summed E-state index contributed by atoms with van der Waals surface area (Å²) < 4.78 is 0. The lowest BCUT2D eigenvalue weighted by Crippen LogP contribution is -2.24. The molecular weight excluding hydrogens is 450 g/mol. The third-order valence-electron chi connectivity index (χ3n) is 4.94. The number of fused-ring (bicyclic) bond motifs is 1. The predicted octanol–water partition coefficient (Wildman–Crippen LogP) is 3.55. The van der Waals surface area contributed by atoms with Gasteiger partial charge in [-0.15, -0.1) is 11.3 Å². The number of H-pyrrole nitrogens is 1. The van der Waals surface area contributed by atoms with Gasteiger partial charge in [0.1, 0.15) is 9.88 Å². The van der Waals surface area contributed by atoms with Crippen molar-refractivity contribution in [1.82, 2.24) is 25.8 Å². The van der Waals surface area contributed by atoms with Crippen LogP contribution >= 0.6 is 22.9 Å². The Balaban J connectivity index is 1.39. The molecule has 0 bridgehead atoms. The molecule has 32 heavy (non-hydrogen) atoms. The van der Waals surface area contributed by atoms with Crippen molar-refractivity contribution >= 4 is 45.7 Å². The van der Waals surface area contributed by atoms with E-state index in [9.17, 15) is 14.7 Å². The number of aliphatic hydroxyl groups excluding tert-OH is 1. The molecule has 0 aliphatic rings. The van der Waals surface area contributed by atoms with E-state index in [4.69, 9.17) is 11.6 Å². The lowest BCUT2D eigenvalue weighted by Gasteiger charge is -2.11. The van der Waals surface area contributed by atoms with Crippen LogP contribution in [-0.2, 0) is 0 Å². The third kappa shape index (κ3) is 4.64.